The van der Waals surface area contributed by atoms with Crippen molar-refractivity contribution in [2.45, 2.75) is 57.1 Å². The van der Waals surface area contributed by atoms with Crippen molar-refractivity contribution in [1.82, 2.24) is 0 Å². The summed E-state index contributed by atoms with van der Waals surface area (Å²) in [6.45, 7) is 0.794. The monoisotopic (exact) mass is 568 g/mol. The fourth-order valence-corrected chi connectivity index (χ4v) is 4.08. The maximum Gasteiger partial charge on any atom is 0.451 e. The molecule has 0 amide bonds. The highest BCUT2D eigenvalue weighted by atomic mass is 19.3. The zero-order valence-corrected chi connectivity index (χ0v) is 20.8. The van der Waals surface area contributed by atoms with Crippen LogP contribution in [0.4, 0.5) is 30.7 Å². The molecule has 2 heterocycles. The lowest BCUT2D eigenvalue weighted by molar-refractivity contribution is -0.413. The summed E-state index contributed by atoms with van der Waals surface area (Å²) in [5.74, 6) is -4.00. The van der Waals surface area contributed by atoms with Crippen molar-refractivity contribution in [3.63, 3.8) is 0 Å². The van der Waals surface area contributed by atoms with Gasteiger partial charge < -0.3 is 28.4 Å². The Morgan fingerprint density at radius 3 is 2.03 bits per heavy atom. The van der Waals surface area contributed by atoms with Crippen molar-refractivity contribution in [1.29, 1.82) is 0 Å². The molecule has 0 bridgehead atoms. The SMILES string of the molecule is CCCCC1COC(C(F)(F)OC2COC(C(F)(F)Oc3ccc(-c4ccc(F)c(F)c4)c(F)c3)OC2)OC1. The van der Waals surface area contributed by atoms with Gasteiger partial charge >= 0.3 is 12.2 Å². The lowest BCUT2D eigenvalue weighted by Crippen LogP contribution is -2.53. The molecule has 0 N–H and O–H groups in total. The van der Waals surface area contributed by atoms with E-state index in [0.29, 0.717) is 6.07 Å². The van der Waals surface area contributed by atoms with E-state index < -0.39 is 67.3 Å². The average Bonchev–Trinajstić information content (AvgIpc) is 2.89. The highest BCUT2D eigenvalue weighted by molar-refractivity contribution is 5.65. The second-order valence-electron chi connectivity index (χ2n) is 9.24. The molecule has 4 rings (SSSR count). The van der Waals surface area contributed by atoms with Gasteiger partial charge in [0.1, 0.15) is 17.7 Å². The molecule has 0 aromatic heterocycles. The van der Waals surface area contributed by atoms with E-state index in [1.807, 2.05) is 6.92 Å². The quantitative estimate of drug-likeness (QED) is 0.315. The molecule has 39 heavy (non-hydrogen) atoms. The maximum absolute atomic E-state index is 14.6. The van der Waals surface area contributed by atoms with Crippen LogP contribution in [0.2, 0.25) is 0 Å². The molecule has 2 aliphatic heterocycles. The van der Waals surface area contributed by atoms with E-state index in [1.54, 1.807) is 0 Å². The zero-order valence-electron chi connectivity index (χ0n) is 20.8. The molecule has 2 aromatic rings. The van der Waals surface area contributed by atoms with Crippen LogP contribution in [0.3, 0.4) is 0 Å². The largest absolute Gasteiger partial charge is 0.451 e. The molecule has 0 aliphatic carbocycles. The summed E-state index contributed by atoms with van der Waals surface area (Å²) in [5, 5.41) is 0. The van der Waals surface area contributed by atoms with Crippen LogP contribution in [0.1, 0.15) is 26.2 Å². The number of hydrogen-bond acceptors (Lipinski definition) is 6. The fourth-order valence-electron chi connectivity index (χ4n) is 4.08. The summed E-state index contributed by atoms with van der Waals surface area (Å²) in [6.07, 6.45) is -11.1. The van der Waals surface area contributed by atoms with Crippen LogP contribution < -0.4 is 4.74 Å². The van der Waals surface area contributed by atoms with Crippen LogP contribution in [0, 0.1) is 23.4 Å². The second kappa shape index (κ2) is 12.4. The molecule has 0 unspecified atom stereocenters. The van der Waals surface area contributed by atoms with Gasteiger partial charge in [0.2, 0.25) is 0 Å². The highest BCUT2D eigenvalue weighted by Gasteiger charge is 2.51. The van der Waals surface area contributed by atoms with E-state index >= 15 is 0 Å². The van der Waals surface area contributed by atoms with Crippen LogP contribution in [-0.2, 0) is 23.7 Å². The van der Waals surface area contributed by atoms with Crippen LogP contribution in [0.25, 0.3) is 11.1 Å². The number of rotatable bonds is 10. The Bertz CT molecular complexity index is 1100. The summed E-state index contributed by atoms with van der Waals surface area (Å²) in [7, 11) is 0. The molecule has 2 aliphatic rings. The van der Waals surface area contributed by atoms with E-state index in [0.717, 1.165) is 49.6 Å². The zero-order chi connectivity index (χ0) is 28.2. The van der Waals surface area contributed by atoms with Gasteiger partial charge in [0, 0.05) is 17.5 Å². The first-order chi connectivity index (χ1) is 18.5. The molecule has 13 heteroatoms. The van der Waals surface area contributed by atoms with Gasteiger partial charge in [0.05, 0.1) is 26.4 Å². The molecule has 216 valence electrons. The van der Waals surface area contributed by atoms with E-state index in [1.165, 1.54) is 0 Å². The maximum atomic E-state index is 14.6. The molecule has 0 atom stereocenters. The molecule has 2 aromatic carbocycles. The first kappa shape index (κ1) is 29.5. The topological polar surface area (TPSA) is 55.4 Å². The molecule has 0 spiro atoms. The number of alkyl halides is 4. The van der Waals surface area contributed by atoms with Crippen LogP contribution >= 0.6 is 0 Å². The van der Waals surface area contributed by atoms with Gasteiger partial charge in [-0.3, -0.25) is 0 Å². The summed E-state index contributed by atoms with van der Waals surface area (Å²) in [5.41, 5.74) is -0.204. The first-order valence-electron chi connectivity index (χ1n) is 12.3. The third-order valence-corrected chi connectivity index (χ3v) is 6.10. The molecular formula is C26H27F7O6. The normalized spacial score (nSPS) is 24.5. The fraction of sp³-hybridized carbons (Fsp3) is 0.538. The van der Waals surface area contributed by atoms with Gasteiger partial charge in [-0.25, -0.2) is 13.2 Å². The van der Waals surface area contributed by atoms with Gasteiger partial charge in [-0.05, 0) is 36.2 Å². The molecular weight excluding hydrogens is 541 g/mol. The minimum Gasteiger partial charge on any atom is -0.429 e. The van der Waals surface area contributed by atoms with E-state index in [4.69, 9.17) is 18.9 Å². The Balaban J connectivity index is 1.29. The highest BCUT2D eigenvalue weighted by Crippen LogP contribution is 2.35. The van der Waals surface area contributed by atoms with Gasteiger partial charge in [0.25, 0.3) is 12.6 Å². The third kappa shape index (κ3) is 7.40. The molecule has 0 radical (unpaired) electrons. The number of halogens is 7. The number of unbranched alkanes of at least 4 members (excludes halogenated alkanes) is 1. The van der Waals surface area contributed by atoms with Crippen LogP contribution in [0.5, 0.6) is 5.75 Å². The van der Waals surface area contributed by atoms with E-state index in [2.05, 4.69) is 9.47 Å². The Labute approximate surface area is 219 Å². The minimum absolute atomic E-state index is 0.00285. The lowest BCUT2D eigenvalue weighted by Gasteiger charge is -2.37. The predicted molar refractivity (Wildman–Crippen MR) is 122 cm³/mol. The van der Waals surface area contributed by atoms with E-state index in [9.17, 15) is 30.7 Å². The van der Waals surface area contributed by atoms with Crippen molar-refractivity contribution in [2.75, 3.05) is 26.4 Å². The third-order valence-electron chi connectivity index (χ3n) is 6.10. The van der Waals surface area contributed by atoms with Crippen molar-refractivity contribution in [3.05, 3.63) is 53.8 Å². The molecule has 0 saturated carbocycles. The minimum atomic E-state index is -4.15. The standard InChI is InChI=1S/C26H27F7O6/c1-2-3-4-15-11-34-23(35-12-15)26(32,33)39-18-13-36-24(37-14-18)25(30,31)38-17-6-7-19(21(28)10-17)16-5-8-20(27)22(29)9-16/h5-10,15,18,23-24H,2-4,11-14H2,1H3. The number of ether oxygens (including phenoxy) is 6. The number of benzene rings is 2. The predicted octanol–water partition coefficient (Wildman–Crippen LogP) is 6.27. The smallest absolute Gasteiger partial charge is 0.429 e. The van der Waals surface area contributed by atoms with Crippen molar-refractivity contribution in [3.8, 4) is 16.9 Å². The van der Waals surface area contributed by atoms with Gasteiger partial charge in [-0.1, -0.05) is 25.8 Å². The van der Waals surface area contributed by atoms with Gasteiger partial charge in [0.15, 0.2) is 11.6 Å². The lowest BCUT2D eigenvalue weighted by atomic mass is 10.0. The Hall–Kier alpha value is -2.45. The second-order valence-corrected chi connectivity index (χ2v) is 9.24. The summed E-state index contributed by atoms with van der Waals surface area (Å²) in [6, 6.07) is 5.33. The van der Waals surface area contributed by atoms with E-state index in [-0.39, 0.29) is 30.3 Å². The molecule has 2 fully saturated rings. The van der Waals surface area contributed by atoms with Gasteiger partial charge in [-0.15, -0.1) is 0 Å². The van der Waals surface area contributed by atoms with Gasteiger partial charge in [-0.2, -0.15) is 17.6 Å². The first-order valence-corrected chi connectivity index (χ1v) is 12.3. The van der Waals surface area contributed by atoms with Crippen molar-refractivity contribution >= 4 is 0 Å². The summed E-state index contributed by atoms with van der Waals surface area (Å²) < 4.78 is 128. The average molecular weight is 568 g/mol. The number of hydrogen-bond donors (Lipinski definition) is 0. The summed E-state index contributed by atoms with van der Waals surface area (Å²) >= 11 is 0. The van der Waals surface area contributed by atoms with Crippen molar-refractivity contribution in [2.24, 2.45) is 5.92 Å². The molecule has 6 nitrogen and oxygen atoms in total. The Morgan fingerprint density at radius 1 is 0.769 bits per heavy atom. The Morgan fingerprint density at radius 2 is 1.41 bits per heavy atom. The Kier molecular flexibility index (Phi) is 9.37. The van der Waals surface area contributed by atoms with Crippen LogP contribution in [-0.4, -0.2) is 57.3 Å². The molecule has 2 saturated heterocycles. The van der Waals surface area contributed by atoms with Crippen LogP contribution in [0.15, 0.2) is 36.4 Å². The summed E-state index contributed by atoms with van der Waals surface area (Å²) in [4.78, 5) is 0. The van der Waals surface area contributed by atoms with Crippen molar-refractivity contribution < 1.29 is 59.2 Å².